The third-order valence-corrected chi connectivity index (χ3v) is 0.762. The lowest BCUT2D eigenvalue weighted by molar-refractivity contribution is 0.108. The molecule has 0 rings (SSSR count). The fourth-order valence-corrected chi connectivity index (χ4v) is 0.295. The van der Waals surface area contributed by atoms with Gasteiger partial charge < -0.3 is 9.16 Å². The second kappa shape index (κ2) is 3.67. The summed E-state index contributed by atoms with van der Waals surface area (Å²) in [5.41, 5.74) is 0. The van der Waals surface area contributed by atoms with Crippen LogP contribution in [0.1, 0.15) is 6.92 Å². The molecule has 0 heterocycles. The van der Waals surface area contributed by atoms with E-state index < -0.39 is 6.16 Å². The van der Waals surface area contributed by atoms with Crippen LogP contribution in [0.15, 0.2) is 0 Å². The van der Waals surface area contributed by atoms with Crippen molar-refractivity contribution in [3.8, 4) is 0 Å². The zero-order valence-electron chi connectivity index (χ0n) is 4.43. The predicted molar refractivity (Wildman–Crippen MR) is 28.0 cm³/mol. The summed E-state index contributed by atoms with van der Waals surface area (Å²) in [6, 6.07) is 0. The van der Waals surface area contributed by atoms with Crippen LogP contribution in [0.4, 0.5) is 4.79 Å². The fourth-order valence-electron chi connectivity index (χ4n) is 0.177. The summed E-state index contributed by atoms with van der Waals surface area (Å²) in [4.78, 5) is 10.0. The molecule has 0 N–H and O–H groups in total. The van der Waals surface area contributed by atoms with E-state index >= 15 is 0 Å². The Morgan fingerprint density at radius 3 is 2.57 bits per heavy atom. The second-order valence-electron chi connectivity index (χ2n) is 0.887. The van der Waals surface area contributed by atoms with Gasteiger partial charge in [-0.05, 0) is 6.92 Å². The molecule has 0 fully saturated rings. The van der Waals surface area contributed by atoms with Crippen molar-refractivity contribution in [2.24, 2.45) is 0 Å². The van der Waals surface area contributed by atoms with E-state index in [9.17, 15) is 4.79 Å². The zero-order valence-corrected chi connectivity index (χ0v) is 6.43. The van der Waals surface area contributed by atoms with E-state index in [1.165, 1.54) is 0 Å². The molecule has 0 unspecified atom stereocenters. The molecule has 0 aromatic carbocycles. The van der Waals surface area contributed by atoms with Crippen molar-refractivity contribution >= 4 is 16.6 Å². The fraction of sp³-hybridized carbons (Fsp3) is 0.667. The van der Waals surface area contributed by atoms with Gasteiger partial charge in [0.05, 0.1) is 6.61 Å². The van der Waals surface area contributed by atoms with Gasteiger partial charge in [0.25, 0.3) is 0 Å². The molecule has 0 saturated heterocycles. The van der Waals surface area contributed by atoms with Crippen molar-refractivity contribution in [2.45, 2.75) is 6.92 Å². The topological polar surface area (TPSA) is 35.5 Å². The van der Waals surface area contributed by atoms with Crippen molar-refractivity contribution < 1.29 is 14.0 Å². The Morgan fingerprint density at radius 1 is 1.86 bits per heavy atom. The summed E-state index contributed by atoms with van der Waals surface area (Å²) >= 11 is 0. The summed E-state index contributed by atoms with van der Waals surface area (Å²) in [5, 5.41) is 0. The van der Waals surface area contributed by atoms with E-state index in [0.717, 1.165) is 0 Å². The maximum atomic E-state index is 10.0. The molecule has 0 aliphatic carbocycles. The van der Waals surface area contributed by atoms with Crippen LogP contribution in [0.2, 0.25) is 0 Å². The highest BCUT2D eigenvalue weighted by molar-refractivity contribution is 6.04. The van der Waals surface area contributed by atoms with Crippen LogP contribution >= 0.6 is 0 Å². The van der Waals surface area contributed by atoms with Crippen molar-refractivity contribution in [1.82, 2.24) is 0 Å². The second-order valence-corrected chi connectivity index (χ2v) is 1.30. The van der Waals surface area contributed by atoms with Gasteiger partial charge >= 0.3 is 6.16 Å². The zero-order chi connectivity index (χ0) is 5.70. The highest BCUT2D eigenvalue weighted by atomic mass is 28.2. The van der Waals surface area contributed by atoms with Gasteiger partial charge in [0, 0.05) is 0 Å². The summed E-state index contributed by atoms with van der Waals surface area (Å²) in [6.07, 6.45) is -0.561. The van der Waals surface area contributed by atoms with Crippen molar-refractivity contribution in [3.63, 3.8) is 0 Å². The van der Waals surface area contributed by atoms with Gasteiger partial charge in [-0.15, -0.1) is 0 Å². The minimum Gasteiger partial charge on any atom is -0.499 e. The van der Waals surface area contributed by atoms with Gasteiger partial charge in [0.15, 0.2) is 0 Å². The summed E-state index contributed by atoms with van der Waals surface area (Å²) in [6.45, 7) is 2.12. The normalized spacial score (nSPS) is 8.14. The van der Waals surface area contributed by atoms with Crippen molar-refractivity contribution in [2.75, 3.05) is 6.61 Å². The lowest BCUT2D eigenvalue weighted by atomic mass is 10.9. The Bertz CT molecular complexity index is 63.2. The number of hydrogen-bond donors (Lipinski definition) is 0. The molecule has 0 amide bonds. The van der Waals surface area contributed by atoms with E-state index in [2.05, 4.69) is 9.16 Å². The van der Waals surface area contributed by atoms with Gasteiger partial charge in [0.2, 0.25) is 10.5 Å². The Kier molecular flexibility index (Phi) is 3.40. The van der Waals surface area contributed by atoms with Crippen LogP contribution in [0, 0.1) is 0 Å². The molecule has 0 aliphatic heterocycles. The van der Waals surface area contributed by atoms with Crippen molar-refractivity contribution in [3.05, 3.63) is 0 Å². The Morgan fingerprint density at radius 2 is 2.43 bits per heavy atom. The molecule has 0 radical (unpaired) electrons. The van der Waals surface area contributed by atoms with Gasteiger partial charge in [-0.1, -0.05) is 0 Å². The number of carbonyl (C=O) groups is 1. The SMILES string of the molecule is CCOC(=O)O[SiH3]. The summed E-state index contributed by atoms with van der Waals surface area (Å²) in [5.74, 6) is 0. The van der Waals surface area contributed by atoms with Crippen LogP contribution in [0.5, 0.6) is 0 Å². The predicted octanol–water partition coefficient (Wildman–Crippen LogP) is -0.560. The molecule has 0 atom stereocenters. The standard InChI is InChI=1S/C3H8O3Si/c1-2-5-3(4)6-7/h2H2,1,7H3. The summed E-state index contributed by atoms with van der Waals surface area (Å²) in [7, 11) is 0.413. The first-order chi connectivity index (χ1) is 3.31. The quantitative estimate of drug-likeness (QED) is 0.344. The average molecular weight is 120 g/mol. The van der Waals surface area contributed by atoms with E-state index in [1.54, 1.807) is 6.92 Å². The molecular formula is C3H8O3Si. The molecule has 0 saturated carbocycles. The molecule has 0 aromatic rings. The van der Waals surface area contributed by atoms with Gasteiger partial charge in [0.1, 0.15) is 0 Å². The molecule has 42 valence electrons. The van der Waals surface area contributed by atoms with Gasteiger partial charge in [-0.3, -0.25) is 0 Å². The van der Waals surface area contributed by atoms with Gasteiger partial charge in [-0.2, -0.15) is 0 Å². The molecular weight excluding hydrogens is 112 g/mol. The highest BCUT2D eigenvalue weighted by Crippen LogP contribution is 1.77. The average Bonchev–Trinajstić information content (AvgIpc) is 1.68. The number of hydrogen-bond acceptors (Lipinski definition) is 3. The smallest absolute Gasteiger partial charge is 0.493 e. The van der Waals surface area contributed by atoms with Crippen LogP contribution in [-0.2, 0) is 9.16 Å². The Balaban J connectivity index is 3.00. The monoisotopic (exact) mass is 120 g/mol. The molecule has 0 aliphatic rings. The number of ether oxygens (including phenoxy) is 1. The lowest BCUT2D eigenvalue weighted by Gasteiger charge is -1.95. The number of carbonyl (C=O) groups excluding carboxylic acids is 1. The Hall–Kier alpha value is -0.513. The van der Waals surface area contributed by atoms with Crippen LogP contribution < -0.4 is 0 Å². The molecule has 0 spiro atoms. The first-order valence-corrected chi connectivity index (χ1v) is 2.83. The van der Waals surface area contributed by atoms with E-state index in [4.69, 9.17) is 0 Å². The molecule has 4 heteroatoms. The summed E-state index contributed by atoms with van der Waals surface area (Å²) < 4.78 is 8.63. The van der Waals surface area contributed by atoms with Crippen LogP contribution in [-0.4, -0.2) is 23.2 Å². The maximum Gasteiger partial charge on any atom is 0.493 e. The molecule has 3 nitrogen and oxygen atoms in total. The van der Waals surface area contributed by atoms with Crippen molar-refractivity contribution in [1.29, 1.82) is 0 Å². The molecule has 0 bridgehead atoms. The lowest BCUT2D eigenvalue weighted by Crippen LogP contribution is -2.03. The molecule has 0 aromatic heterocycles. The largest absolute Gasteiger partial charge is 0.499 e. The van der Waals surface area contributed by atoms with E-state index in [0.29, 0.717) is 17.1 Å². The van der Waals surface area contributed by atoms with Crippen LogP contribution in [0.25, 0.3) is 0 Å². The highest BCUT2D eigenvalue weighted by Gasteiger charge is 1.91. The molecule has 7 heavy (non-hydrogen) atoms. The van der Waals surface area contributed by atoms with Crippen LogP contribution in [0.3, 0.4) is 0 Å². The van der Waals surface area contributed by atoms with E-state index in [1.807, 2.05) is 0 Å². The minimum atomic E-state index is -0.561. The van der Waals surface area contributed by atoms with Gasteiger partial charge in [-0.25, -0.2) is 4.79 Å². The Labute approximate surface area is 45.2 Å². The first kappa shape index (κ1) is 6.49. The number of rotatable bonds is 1. The minimum absolute atomic E-state index is 0.390. The third-order valence-electron chi connectivity index (χ3n) is 0.429. The maximum absolute atomic E-state index is 10.0. The first-order valence-electron chi connectivity index (χ1n) is 2.02. The van der Waals surface area contributed by atoms with E-state index in [-0.39, 0.29) is 0 Å². The third kappa shape index (κ3) is 3.31.